The first-order valence-corrected chi connectivity index (χ1v) is 6.18. The molecule has 1 aromatic carbocycles. The van der Waals surface area contributed by atoms with E-state index >= 15 is 0 Å². The fourth-order valence-corrected chi connectivity index (χ4v) is 1.66. The van der Waals surface area contributed by atoms with E-state index in [0.717, 1.165) is 32.7 Å². The van der Waals surface area contributed by atoms with E-state index in [4.69, 9.17) is 4.74 Å². The molecule has 2 heteroatoms. The molecule has 1 N–H and O–H groups in total. The predicted molar refractivity (Wildman–Crippen MR) is 68.8 cm³/mol. The van der Waals surface area contributed by atoms with Crippen LogP contribution in [0.5, 0.6) is 0 Å². The van der Waals surface area contributed by atoms with Gasteiger partial charge in [-0.2, -0.15) is 0 Å². The number of ether oxygens (including phenoxy) is 1. The molecule has 0 bridgehead atoms. The van der Waals surface area contributed by atoms with Gasteiger partial charge in [0.1, 0.15) is 0 Å². The van der Waals surface area contributed by atoms with Gasteiger partial charge in [-0.3, -0.25) is 0 Å². The zero-order chi connectivity index (χ0) is 11.6. The summed E-state index contributed by atoms with van der Waals surface area (Å²) in [5, 5.41) is 3.46. The van der Waals surface area contributed by atoms with Crippen molar-refractivity contribution in [2.45, 2.75) is 26.2 Å². The van der Waals surface area contributed by atoms with Crippen LogP contribution in [-0.4, -0.2) is 26.3 Å². The van der Waals surface area contributed by atoms with Crippen molar-refractivity contribution in [1.82, 2.24) is 5.32 Å². The van der Waals surface area contributed by atoms with Gasteiger partial charge in [0.05, 0.1) is 0 Å². The zero-order valence-corrected chi connectivity index (χ0v) is 10.4. The molecule has 90 valence electrons. The first-order chi connectivity index (χ1) is 7.84. The Morgan fingerprint density at radius 1 is 1.25 bits per heavy atom. The lowest BCUT2D eigenvalue weighted by molar-refractivity contribution is 0.144. The minimum Gasteiger partial charge on any atom is -0.382 e. The van der Waals surface area contributed by atoms with Gasteiger partial charge in [0.15, 0.2) is 0 Å². The van der Waals surface area contributed by atoms with Crippen LogP contribution in [0, 0.1) is 0 Å². The Bertz CT molecular complexity index is 261. The van der Waals surface area contributed by atoms with Crippen LogP contribution in [0.4, 0.5) is 0 Å². The highest BCUT2D eigenvalue weighted by Crippen LogP contribution is 2.12. The van der Waals surface area contributed by atoms with E-state index in [-0.39, 0.29) is 0 Å². The van der Waals surface area contributed by atoms with E-state index in [1.165, 1.54) is 5.56 Å². The van der Waals surface area contributed by atoms with E-state index < -0.39 is 0 Å². The molecule has 1 aromatic rings. The summed E-state index contributed by atoms with van der Waals surface area (Å²) in [6, 6.07) is 10.6. The molecule has 1 rings (SSSR count). The van der Waals surface area contributed by atoms with Gasteiger partial charge >= 0.3 is 0 Å². The molecule has 0 unspecified atom stereocenters. The second-order valence-corrected chi connectivity index (χ2v) is 4.07. The van der Waals surface area contributed by atoms with Gasteiger partial charge in [0.2, 0.25) is 0 Å². The topological polar surface area (TPSA) is 21.3 Å². The summed E-state index contributed by atoms with van der Waals surface area (Å²) in [5.74, 6) is 0.577. The average molecular weight is 221 g/mol. The van der Waals surface area contributed by atoms with E-state index in [2.05, 4.69) is 42.6 Å². The minimum atomic E-state index is 0.577. The summed E-state index contributed by atoms with van der Waals surface area (Å²) in [5.41, 5.74) is 1.40. The molecule has 0 spiro atoms. The predicted octanol–water partition coefficient (Wildman–Crippen LogP) is 2.81. The van der Waals surface area contributed by atoms with E-state index in [1.54, 1.807) is 0 Å². The van der Waals surface area contributed by atoms with Gasteiger partial charge in [0, 0.05) is 19.8 Å². The Morgan fingerprint density at radius 3 is 2.69 bits per heavy atom. The number of rotatable bonds is 8. The third-order valence-electron chi connectivity index (χ3n) is 2.67. The maximum atomic E-state index is 5.29. The Hall–Kier alpha value is -0.860. The molecule has 1 atom stereocenters. The van der Waals surface area contributed by atoms with Crippen LogP contribution < -0.4 is 5.32 Å². The molecular weight excluding hydrogens is 198 g/mol. The number of nitrogens with one attached hydrogen (secondary N) is 1. The van der Waals surface area contributed by atoms with Crippen molar-refractivity contribution in [3.05, 3.63) is 35.9 Å². The van der Waals surface area contributed by atoms with Crippen molar-refractivity contribution < 1.29 is 4.74 Å². The lowest BCUT2D eigenvalue weighted by Gasteiger charge is -2.12. The molecule has 0 aliphatic heterocycles. The van der Waals surface area contributed by atoms with E-state index in [9.17, 15) is 0 Å². The summed E-state index contributed by atoms with van der Waals surface area (Å²) in [6.45, 7) is 8.05. The monoisotopic (exact) mass is 221 g/mol. The third kappa shape index (κ3) is 5.29. The van der Waals surface area contributed by atoms with Crippen LogP contribution in [0.25, 0.3) is 0 Å². The second-order valence-electron chi connectivity index (χ2n) is 4.07. The van der Waals surface area contributed by atoms with Crippen LogP contribution in [0.15, 0.2) is 30.3 Å². The fraction of sp³-hybridized carbons (Fsp3) is 0.571. The van der Waals surface area contributed by atoms with Crippen molar-refractivity contribution in [3.63, 3.8) is 0 Å². The molecule has 0 amide bonds. The van der Waals surface area contributed by atoms with Crippen molar-refractivity contribution in [2.75, 3.05) is 26.3 Å². The van der Waals surface area contributed by atoms with E-state index in [0.29, 0.717) is 5.92 Å². The molecular formula is C14H23NO. The van der Waals surface area contributed by atoms with Gasteiger partial charge in [-0.15, -0.1) is 0 Å². The third-order valence-corrected chi connectivity index (χ3v) is 2.67. The highest BCUT2D eigenvalue weighted by molar-refractivity contribution is 5.18. The Morgan fingerprint density at radius 2 is 2.00 bits per heavy atom. The van der Waals surface area contributed by atoms with Crippen LogP contribution in [0.1, 0.15) is 31.7 Å². The zero-order valence-electron chi connectivity index (χ0n) is 10.4. The molecule has 0 aliphatic carbocycles. The SMILES string of the molecule is CCOCCCNC[C@H](C)c1ccccc1. The lowest BCUT2D eigenvalue weighted by atomic mass is 10.0. The molecule has 0 heterocycles. The van der Waals surface area contributed by atoms with Crippen molar-refractivity contribution in [2.24, 2.45) is 0 Å². The number of benzene rings is 1. The van der Waals surface area contributed by atoms with Gasteiger partial charge in [-0.05, 0) is 31.4 Å². The maximum absolute atomic E-state index is 5.29. The smallest absolute Gasteiger partial charge is 0.0477 e. The molecule has 0 fully saturated rings. The summed E-state index contributed by atoms with van der Waals surface area (Å²) >= 11 is 0. The standard InChI is InChI=1S/C14H23NO/c1-3-16-11-7-10-15-12-13(2)14-8-5-4-6-9-14/h4-6,8-9,13,15H,3,7,10-12H2,1-2H3/t13-/m0/s1. The summed E-state index contributed by atoms with van der Waals surface area (Å²) < 4.78 is 5.29. The van der Waals surface area contributed by atoms with Crippen LogP contribution in [0.2, 0.25) is 0 Å². The van der Waals surface area contributed by atoms with Crippen LogP contribution in [-0.2, 0) is 4.74 Å². The fourth-order valence-electron chi connectivity index (χ4n) is 1.66. The quantitative estimate of drug-likeness (QED) is 0.682. The molecule has 16 heavy (non-hydrogen) atoms. The van der Waals surface area contributed by atoms with Gasteiger partial charge < -0.3 is 10.1 Å². The first kappa shape index (κ1) is 13.2. The largest absolute Gasteiger partial charge is 0.382 e. The van der Waals surface area contributed by atoms with Crippen LogP contribution >= 0.6 is 0 Å². The number of hydrogen-bond donors (Lipinski definition) is 1. The normalized spacial score (nSPS) is 12.6. The van der Waals surface area contributed by atoms with Crippen LogP contribution in [0.3, 0.4) is 0 Å². The second kappa shape index (κ2) is 8.31. The Balaban J connectivity index is 2.09. The van der Waals surface area contributed by atoms with E-state index in [1.807, 2.05) is 6.92 Å². The Kier molecular flexibility index (Phi) is 6.86. The average Bonchev–Trinajstić information content (AvgIpc) is 2.34. The molecule has 0 radical (unpaired) electrons. The Labute approximate surface area is 99.0 Å². The minimum absolute atomic E-state index is 0.577. The van der Waals surface area contributed by atoms with Gasteiger partial charge in [0.25, 0.3) is 0 Å². The van der Waals surface area contributed by atoms with Crippen molar-refractivity contribution in [3.8, 4) is 0 Å². The molecule has 0 aliphatic rings. The summed E-state index contributed by atoms with van der Waals surface area (Å²) in [4.78, 5) is 0. The molecule has 0 saturated carbocycles. The molecule has 0 aromatic heterocycles. The van der Waals surface area contributed by atoms with Crippen molar-refractivity contribution in [1.29, 1.82) is 0 Å². The summed E-state index contributed by atoms with van der Waals surface area (Å²) in [7, 11) is 0. The highest BCUT2D eigenvalue weighted by atomic mass is 16.5. The summed E-state index contributed by atoms with van der Waals surface area (Å²) in [6.07, 6.45) is 1.09. The van der Waals surface area contributed by atoms with Crippen molar-refractivity contribution >= 4 is 0 Å². The molecule has 2 nitrogen and oxygen atoms in total. The lowest BCUT2D eigenvalue weighted by Crippen LogP contribution is -2.22. The number of hydrogen-bond acceptors (Lipinski definition) is 2. The first-order valence-electron chi connectivity index (χ1n) is 6.18. The van der Waals surface area contributed by atoms with Gasteiger partial charge in [-0.25, -0.2) is 0 Å². The highest BCUT2D eigenvalue weighted by Gasteiger charge is 2.03. The molecule has 0 saturated heterocycles. The van der Waals surface area contributed by atoms with Gasteiger partial charge in [-0.1, -0.05) is 37.3 Å². The maximum Gasteiger partial charge on any atom is 0.0477 e.